The summed E-state index contributed by atoms with van der Waals surface area (Å²) in [6.45, 7) is 7.93. The van der Waals surface area contributed by atoms with Crippen molar-refractivity contribution in [1.82, 2.24) is 9.78 Å². The summed E-state index contributed by atoms with van der Waals surface area (Å²) >= 11 is 0. The van der Waals surface area contributed by atoms with Crippen LogP contribution in [0.4, 0.5) is 5.69 Å². The minimum atomic E-state index is -0.235. The van der Waals surface area contributed by atoms with Gasteiger partial charge in [0.2, 0.25) is 0 Å². The van der Waals surface area contributed by atoms with Gasteiger partial charge in [-0.25, -0.2) is 4.68 Å². The Labute approximate surface area is 176 Å². The molecule has 0 unspecified atom stereocenters. The van der Waals surface area contributed by atoms with Crippen molar-refractivity contribution in [3.63, 3.8) is 0 Å². The fourth-order valence-electron chi connectivity index (χ4n) is 3.45. The van der Waals surface area contributed by atoms with Gasteiger partial charge in [0, 0.05) is 23.4 Å². The van der Waals surface area contributed by atoms with Crippen molar-refractivity contribution >= 4 is 17.6 Å². The third-order valence-electron chi connectivity index (χ3n) is 5.47. The number of benzene rings is 2. The molecule has 0 fully saturated rings. The highest BCUT2D eigenvalue weighted by molar-refractivity contribution is 6.04. The zero-order valence-electron chi connectivity index (χ0n) is 18.1. The van der Waals surface area contributed by atoms with Crippen LogP contribution in [0.15, 0.2) is 42.5 Å². The lowest BCUT2D eigenvalue weighted by molar-refractivity contribution is -0.140. The molecule has 1 heterocycles. The van der Waals surface area contributed by atoms with Crippen LogP contribution in [-0.4, -0.2) is 28.8 Å². The number of ether oxygens (including phenoxy) is 1. The number of aryl methyl sites for hydroxylation is 2. The third kappa shape index (κ3) is 4.43. The molecule has 0 saturated heterocycles. The van der Waals surface area contributed by atoms with Crippen LogP contribution in [-0.2, 0) is 16.0 Å². The topological polar surface area (TPSA) is 73.2 Å². The maximum absolute atomic E-state index is 12.7. The predicted octanol–water partition coefficient (Wildman–Crippen LogP) is 4.46. The fourth-order valence-corrected chi connectivity index (χ4v) is 3.45. The Morgan fingerprint density at radius 2 is 1.73 bits per heavy atom. The largest absolute Gasteiger partial charge is 0.469 e. The summed E-state index contributed by atoms with van der Waals surface area (Å²) in [5, 5.41) is 7.59. The van der Waals surface area contributed by atoms with E-state index < -0.39 is 0 Å². The number of hydrogen-bond donors (Lipinski definition) is 1. The van der Waals surface area contributed by atoms with E-state index in [4.69, 9.17) is 4.74 Å². The maximum Gasteiger partial charge on any atom is 0.305 e. The molecule has 0 atom stereocenters. The van der Waals surface area contributed by atoms with Gasteiger partial charge >= 0.3 is 5.97 Å². The third-order valence-corrected chi connectivity index (χ3v) is 5.47. The number of anilines is 1. The number of aromatic nitrogens is 2. The van der Waals surface area contributed by atoms with Crippen molar-refractivity contribution in [3.05, 3.63) is 76.1 Å². The Morgan fingerprint density at radius 3 is 2.40 bits per heavy atom. The Balaban J connectivity index is 1.78. The molecule has 0 radical (unpaired) electrons. The minimum Gasteiger partial charge on any atom is -0.469 e. The average Bonchev–Trinajstić information content (AvgIpc) is 3.03. The number of nitrogens with zero attached hydrogens (tertiary/aromatic N) is 2. The predicted molar refractivity (Wildman–Crippen MR) is 117 cm³/mol. The molecule has 0 aliphatic carbocycles. The molecule has 0 aliphatic rings. The molecule has 30 heavy (non-hydrogen) atoms. The summed E-state index contributed by atoms with van der Waals surface area (Å²) in [6, 6.07) is 13.2. The summed E-state index contributed by atoms with van der Waals surface area (Å²) in [6.07, 6.45) is 0.905. The van der Waals surface area contributed by atoms with Gasteiger partial charge in [0.15, 0.2) is 0 Å². The van der Waals surface area contributed by atoms with E-state index in [-0.39, 0.29) is 11.9 Å². The molecule has 0 aliphatic heterocycles. The number of carbonyl (C=O) groups is 2. The van der Waals surface area contributed by atoms with Crippen LogP contribution < -0.4 is 5.32 Å². The second-order valence-corrected chi connectivity index (χ2v) is 7.39. The van der Waals surface area contributed by atoms with Gasteiger partial charge in [-0.15, -0.1) is 0 Å². The van der Waals surface area contributed by atoms with Crippen molar-refractivity contribution in [2.75, 3.05) is 12.4 Å². The Morgan fingerprint density at radius 1 is 1.03 bits per heavy atom. The SMILES string of the molecule is COC(=O)CCc1c(C)nn(-c2ccc(C(=O)Nc3cccc(C)c3C)cc2)c1C. The Kier molecular flexibility index (Phi) is 6.35. The second kappa shape index (κ2) is 8.95. The summed E-state index contributed by atoms with van der Waals surface area (Å²) < 4.78 is 6.57. The first kappa shape index (κ1) is 21.3. The molecule has 6 heteroatoms. The number of amides is 1. The van der Waals surface area contributed by atoms with Gasteiger partial charge in [0.25, 0.3) is 5.91 Å². The van der Waals surface area contributed by atoms with E-state index in [2.05, 4.69) is 10.4 Å². The number of methoxy groups -OCH3 is 1. The molecule has 0 saturated carbocycles. The Hall–Kier alpha value is -3.41. The molecule has 3 aromatic rings. The van der Waals surface area contributed by atoms with E-state index in [1.807, 2.05) is 62.7 Å². The molecule has 0 spiro atoms. The monoisotopic (exact) mass is 405 g/mol. The molecule has 1 amide bonds. The highest BCUT2D eigenvalue weighted by Gasteiger charge is 2.15. The van der Waals surface area contributed by atoms with E-state index in [0.29, 0.717) is 18.4 Å². The first-order chi connectivity index (χ1) is 14.3. The molecule has 3 rings (SSSR count). The molecule has 1 N–H and O–H groups in total. The molecule has 6 nitrogen and oxygen atoms in total. The molecule has 2 aromatic carbocycles. The lowest BCUT2D eigenvalue weighted by Gasteiger charge is -2.11. The number of rotatable bonds is 6. The van der Waals surface area contributed by atoms with Crippen LogP contribution in [0.5, 0.6) is 0 Å². The summed E-state index contributed by atoms with van der Waals surface area (Å²) in [4.78, 5) is 24.1. The first-order valence-electron chi connectivity index (χ1n) is 9.91. The number of carbonyl (C=O) groups excluding carboxylic acids is 2. The van der Waals surface area contributed by atoms with Gasteiger partial charge in [0.1, 0.15) is 0 Å². The maximum atomic E-state index is 12.7. The Bertz CT molecular complexity index is 1080. The molecule has 1 aromatic heterocycles. The van der Waals surface area contributed by atoms with E-state index in [1.165, 1.54) is 7.11 Å². The average molecular weight is 405 g/mol. The standard InChI is InChI=1S/C24H27N3O3/c1-15-7-6-8-22(16(15)2)25-24(29)19-9-11-20(12-10-19)27-18(4)21(17(3)26-27)13-14-23(28)30-5/h6-12H,13-14H2,1-5H3,(H,25,29). The van der Waals surface area contributed by atoms with Crippen molar-refractivity contribution in [1.29, 1.82) is 0 Å². The lowest BCUT2D eigenvalue weighted by atomic mass is 10.1. The molecule has 156 valence electrons. The first-order valence-corrected chi connectivity index (χ1v) is 9.91. The summed E-state index contributed by atoms with van der Waals surface area (Å²) in [5.74, 6) is -0.386. The van der Waals surface area contributed by atoms with Gasteiger partial charge < -0.3 is 10.1 Å². The summed E-state index contributed by atoms with van der Waals surface area (Å²) in [5.41, 5.74) is 7.35. The smallest absolute Gasteiger partial charge is 0.305 e. The van der Waals surface area contributed by atoms with Gasteiger partial charge in [-0.3, -0.25) is 9.59 Å². The van der Waals surface area contributed by atoms with Crippen LogP contribution in [0.3, 0.4) is 0 Å². The quantitative estimate of drug-likeness (QED) is 0.615. The highest BCUT2D eigenvalue weighted by atomic mass is 16.5. The van der Waals surface area contributed by atoms with Gasteiger partial charge in [-0.05, 0) is 81.1 Å². The van der Waals surface area contributed by atoms with Crippen LogP contribution in [0.2, 0.25) is 0 Å². The second-order valence-electron chi connectivity index (χ2n) is 7.39. The van der Waals surface area contributed by atoms with Crippen LogP contribution in [0.1, 0.15) is 44.9 Å². The van der Waals surface area contributed by atoms with Gasteiger partial charge in [-0.1, -0.05) is 12.1 Å². The zero-order chi connectivity index (χ0) is 21.8. The van der Waals surface area contributed by atoms with Crippen LogP contribution in [0.25, 0.3) is 5.69 Å². The van der Waals surface area contributed by atoms with Gasteiger partial charge in [-0.2, -0.15) is 5.10 Å². The van der Waals surface area contributed by atoms with Crippen molar-refractivity contribution in [2.24, 2.45) is 0 Å². The molecular weight excluding hydrogens is 378 g/mol. The normalized spacial score (nSPS) is 10.7. The minimum absolute atomic E-state index is 0.151. The van der Waals surface area contributed by atoms with Crippen molar-refractivity contribution in [3.8, 4) is 5.69 Å². The van der Waals surface area contributed by atoms with Gasteiger partial charge in [0.05, 0.1) is 18.5 Å². The molecular formula is C24H27N3O3. The van der Waals surface area contributed by atoms with E-state index >= 15 is 0 Å². The number of hydrogen-bond acceptors (Lipinski definition) is 4. The van der Waals surface area contributed by atoms with E-state index in [1.54, 1.807) is 12.1 Å². The lowest BCUT2D eigenvalue weighted by Crippen LogP contribution is -2.13. The van der Waals surface area contributed by atoms with E-state index in [9.17, 15) is 9.59 Å². The van der Waals surface area contributed by atoms with Crippen molar-refractivity contribution < 1.29 is 14.3 Å². The van der Waals surface area contributed by atoms with Crippen LogP contribution in [0, 0.1) is 27.7 Å². The van der Waals surface area contributed by atoms with Crippen molar-refractivity contribution in [2.45, 2.75) is 40.5 Å². The zero-order valence-corrected chi connectivity index (χ0v) is 18.1. The number of nitrogens with one attached hydrogen (secondary N) is 1. The summed E-state index contributed by atoms with van der Waals surface area (Å²) in [7, 11) is 1.39. The van der Waals surface area contributed by atoms with Crippen LogP contribution >= 0.6 is 0 Å². The number of esters is 1. The van der Waals surface area contributed by atoms with E-state index in [0.717, 1.165) is 39.5 Å². The fraction of sp³-hybridized carbons (Fsp3) is 0.292. The molecule has 0 bridgehead atoms. The highest BCUT2D eigenvalue weighted by Crippen LogP contribution is 2.21.